The minimum atomic E-state index is -3.63. The van der Waals surface area contributed by atoms with Gasteiger partial charge >= 0.3 is 0 Å². The maximum Gasteiger partial charge on any atom is 0.253 e. The Morgan fingerprint density at radius 2 is 1.69 bits per heavy atom. The minimum Gasteiger partial charge on any atom is -0.494 e. The van der Waals surface area contributed by atoms with Gasteiger partial charge in [-0.1, -0.05) is 19.1 Å². The second-order valence-electron chi connectivity index (χ2n) is 7.26. The first kappa shape index (κ1) is 21.6. The Morgan fingerprint density at radius 3 is 2.38 bits per heavy atom. The lowest BCUT2D eigenvalue weighted by atomic mass is 10.2. The zero-order chi connectivity index (χ0) is 22.6. The van der Waals surface area contributed by atoms with Crippen LogP contribution in [0.5, 0.6) is 5.75 Å². The van der Waals surface area contributed by atoms with Crippen molar-refractivity contribution in [1.29, 1.82) is 0 Å². The van der Waals surface area contributed by atoms with Gasteiger partial charge in [0, 0.05) is 25.1 Å². The molecule has 7 nitrogen and oxygen atoms in total. The molecule has 0 bridgehead atoms. The Kier molecular flexibility index (Phi) is 6.23. The van der Waals surface area contributed by atoms with Crippen LogP contribution in [-0.4, -0.2) is 30.3 Å². The molecule has 0 unspecified atom stereocenters. The third kappa shape index (κ3) is 4.65. The van der Waals surface area contributed by atoms with Gasteiger partial charge in [-0.3, -0.25) is 4.79 Å². The van der Waals surface area contributed by atoms with Crippen molar-refractivity contribution >= 4 is 21.4 Å². The SMILES string of the molecule is CCCOc1ccc(S(=O)(=O)c2ccc(CNC(=O)c3ccc4nccn4c3)cc2)cc1. The lowest BCUT2D eigenvalue weighted by Gasteiger charge is -2.09. The fourth-order valence-corrected chi connectivity index (χ4v) is 4.46. The highest BCUT2D eigenvalue weighted by atomic mass is 32.2. The normalized spacial score (nSPS) is 11.4. The Bertz CT molecular complexity index is 1330. The molecule has 0 radical (unpaired) electrons. The second kappa shape index (κ2) is 9.23. The minimum absolute atomic E-state index is 0.195. The smallest absolute Gasteiger partial charge is 0.253 e. The van der Waals surface area contributed by atoms with Crippen LogP contribution in [0.3, 0.4) is 0 Å². The van der Waals surface area contributed by atoms with E-state index in [1.807, 2.05) is 6.92 Å². The van der Waals surface area contributed by atoms with Gasteiger partial charge in [0.1, 0.15) is 11.4 Å². The summed E-state index contributed by atoms with van der Waals surface area (Å²) in [7, 11) is -3.63. The quantitative estimate of drug-likeness (QED) is 0.441. The third-order valence-corrected chi connectivity index (χ3v) is 6.73. The summed E-state index contributed by atoms with van der Waals surface area (Å²) in [5.74, 6) is 0.423. The first-order chi connectivity index (χ1) is 15.5. The summed E-state index contributed by atoms with van der Waals surface area (Å²) < 4.78 is 33.1. The fraction of sp³-hybridized carbons (Fsp3) is 0.167. The van der Waals surface area contributed by atoms with Crippen LogP contribution >= 0.6 is 0 Å². The van der Waals surface area contributed by atoms with Crippen LogP contribution in [0.25, 0.3) is 5.65 Å². The van der Waals surface area contributed by atoms with Crippen LogP contribution < -0.4 is 10.1 Å². The largest absolute Gasteiger partial charge is 0.494 e. The number of ether oxygens (including phenoxy) is 1. The summed E-state index contributed by atoms with van der Waals surface area (Å²) in [6.45, 7) is 2.88. The van der Waals surface area contributed by atoms with Crippen LogP contribution in [-0.2, 0) is 16.4 Å². The molecular weight excluding hydrogens is 426 g/mol. The van der Waals surface area contributed by atoms with Gasteiger partial charge in [0.05, 0.1) is 22.0 Å². The molecule has 0 atom stereocenters. The number of pyridine rings is 1. The number of imidazole rings is 1. The zero-order valence-corrected chi connectivity index (χ0v) is 18.4. The van der Waals surface area contributed by atoms with E-state index in [9.17, 15) is 13.2 Å². The molecule has 2 aromatic heterocycles. The van der Waals surface area contributed by atoms with Crippen molar-refractivity contribution in [3.8, 4) is 5.75 Å². The molecule has 1 N–H and O–H groups in total. The van der Waals surface area contributed by atoms with Crippen molar-refractivity contribution in [3.05, 3.63) is 90.4 Å². The molecule has 0 aliphatic carbocycles. The molecule has 0 aliphatic heterocycles. The average molecular weight is 450 g/mol. The van der Waals surface area contributed by atoms with E-state index in [-0.39, 0.29) is 22.2 Å². The molecule has 4 aromatic rings. The van der Waals surface area contributed by atoms with E-state index < -0.39 is 9.84 Å². The number of sulfone groups is 1. The van der Waals surface area contributed by atoms with E-state index in [2.05, 4.69) is 10.3 Å². The highest BCUT2D eigenvalue weighted by Crippen LogP contribution is 2.23. The molecule has 32 heavy (non-hydrogen) atoms. The number of amides is 1. The molecular formula is C24H23N3O4S. The molecule has 2 heterocycles. The molecule has 1 amide bonds. The molecule has 0 saturated carbocycles. The van der Waals surface area contributed by atoms with E-state index in [1.165, 1.54) is 0 Å². The lowest BCUT2D eigenvalue weighted by Crippen LogP contribution is -2.23. The first-order valence-corrected chi connectivity index (χ1v) is 11.7. The number of carbonyl (C=O) groups is 1. The van der Waals surface area contributed by atoms with E-state index in [1.54, 1.807) is 83.7 Å². The molecule has 0 aliphatic rings. The van der Waals surface area contributed by atoms with Crippen molar-refractivity contribution < 1.29 is 17.9 Å². The molecule has 0 saturated heterocycles. The highest BCUT2D eigenvalue weighted by molar-refractivity contribution is 7.91. The molecule has 2 aromatic carbocycles. The van der Waals surface area contributed by atoms with Crippen LogP contribution in [0.2, 0.25) is 0 Å². The Morgan fingerprint density at radius 1 is 1.00 bits per heavy atom. The van der Waals surface area contributed by atoms with Gasteiger partial charge in [0.25, 0.3) is 5.91 Å². The van der Waals surface area contributed by atoms with Gasteiger partial charge in [0.15, 0.2) is 0 Å². The van der Waals surface area contributed by atoms with Crippen molar-refractivity contribution in [2.75, 3.05) is 6.61 Å². The van der Waals surface area contributed by atoms with E-state index in [0.717, 1.165) is 17.6 Å². The standard InChI is InChI=1S/C24H23N3O4S/c1-2-15-31-20-6-10-22(11-7-20)32(29,30)21-8-3-18(4-9-21)16-26-24(28)19-5-12-23-25-13-14-27(23)17-19/h3-14,17H,2,15-16H2,1H3,(H,26,28). The number of hydrogen-bond acceptors (Lipinski definition) is 5. The van der Waals surface area contributed by atoms with Crippen molar-refractivity contribution in [2.45, 2.75) is 29.7 Å². The van der Waals surface area contributed by atoms with Gasteiger partial charge < -0.3 is 14.5 Å². The van der Waals surface area contributed by atoms with Crippen molar-refractivity contribution in [2.24, 2.45) is 0 Å². The Labute approximate surface area is 186 Å². The summed E-state index contributed by atoms with van der Waals surface area (Å²) in [5, 5.41) is 2.85. The Hall–Kier alpha value is -3.65. The summed E-state index contributed by atoms with van der Waals surface area (Å²) in [4.78, 5) is 17.0. The maximum absolute atomic E-state index is 12.9. The topological polar surface area (TPSA) is 89.8 Å². The summed E-state index contributed by atoms with van der Waals surface area (Å²) >= 11 is 0. The number of nitrogens with one attached hydrogen (secondary N) is 1. The van der Waals surface area contributed by atoms with E-state index in [4.69, 9.17) is 4.74 Å². The predicted octanol–water partition coefficient (Wildman–Crippen LogP) is 3.89. The summed E-state index contributed by atoms with van der Waals surface area (Å²) in [6.07, 6.45) is 6.04. The first-order valence-electron chi connectivity index (χ1n) is 10.2. The van der Waals surface area contributed by atoms with Gasteiger partial charge in [-0.25, -0.2) is 13.4 Å². The third-order valence-electron chi connectivity index (χ3n) is 4.94. The number of fused-ring (bicyclic) bond motifs is 1. The number of aromatic nitrogens is 2. The number of carbonyl (C=O) groups excluding carboxylic acids is 1. The summed E-state index contributed by atoms with van der Waals surface area (Å²) in [6, 6.07) is 16.4. The van der Waals surface area contributed by atoms with E-state index >= 15 is 0 Å². The fourth-order valence-electron chi connectivity index (χ4n) is 3.20. The number of rotatable bonds is 8. The Balaban J connectivity index is 1.41. The van der Waals surface area contributed by atoms with Crippen molar-refractivity contribution in [1.82, 2.24) is 14.7 Å². The molecule has 4 rings (SSSR count). The second-order valence-corrected chi connectivity index (χ2v) is 9.21. The van der Waals surface area contributed by atoms with Gasteiger partial charge in [-0.05, 0) is 60.5 Å². The van der Waals surface area contributed by atoms with Crippen LogP contribution in [0, 0.1) is 0 Å². The lowest BCUT2D eigenvalue weighted by molar-refractivity contribution is 0.0950. The van der Waals surface area contributed by atoms with Crippen LogP contribution in [0.4, 0.5) is 0 Å². The van der Waals surface area contributed by atoms with Crippen LogP contribution in [0.1, 0.15) is 29.3 Å². The number of nitrogens with zero attached hydrogens (tertiary/aromatic N) is 2. The molecule has 8 heteroatoms. The van der Waals surface area contributed by atoms with Crippen LogP contribution in [0.15, 0.2) is 89.0 Å². The molecule has 0 spiro atoms. The number of hydrogen-bond donors (Lipinski definition) is 1. The summed E-state index contributed by atoms with van der Waals surface area (Å²) in [5.41, 5.74) is 2.08. The highest BCUT2D eigenvalue weighted by Gasteiger charge is 2.17. The van der Waals surface area contributed by atoms with Gasteiger partial charge in [0.2, 0.25) is 9.84 Å². The van der Waals surface area contributed by atoms with Crippen molar-refractivity contribution in [3.63, 3.8) is 0 Å². The van der Waals surface area contributed by atoms with Gasteiger partial charge in [-0.15, -0.1) is 0 Å². The molecule has 0 fully saturated rings. The van der Waals surface area contributed by atoms with E-state index in [0.29, 0.717) is 17.9 Å². The average Bonchev–Trinajstić information content (AvgIpc) is 3.30. The predicted molar refractivity (Wildman–Crippen MR) is 120 cm³/mol. The number of benzene rings is 2. The zero-order valence-electron chi connectivity index (χ0n) is 17.6. The monoisotopic (exact) mass is 449 g/mol. The van der Waals surface area contributed by atoms with Gasteiger partial charge in [-0.2, -0.15) is 0 Å². The molecule has 164 valence electrons. The maximum atomic E-state index is 12.9.